The van der Waals surface area contributed by atoms with E-state index in [1.54, 1.807) is 0 Å². The standard InChI is InChI=1S/C17H34N2O2/c1-16(2,3)14(20)9-7-11-18-13-19-12-8-10-15(21)17(4,5)6/h18-19H,7-13H2,1-6H3. The molecule has 2 N–H and O–H groups in total. The molecule has 0 rings (SSSR count). The Bertz CT molecular complexity index is 293. The van der Waals surface area contributed by atoms with Crippen LogP contribution in [0.5, 0.6) is 0 Å². The number of hydrogen-bond acceptors (Lipinski definition) is 4. The van der Waals surface area contributed by atoms with Crippen molar-refractivity contribution in [3.63, 3.8) is 0 Å². The van der Waals surface area contributed by atoms with Gasteiger partial charge >= 0.3 is 0 Å². The van der Waals surface area contributed by atoms with Crippen molar-refractivity contribution in [3.8, 4) is 0 Å². The number of rotatable bonds is 10. The largest absolute Gasteiger partial charge is 0.304 e. The number of hydrogen-bond donors (Lipinski definition) is 2. The van der Waals surface area contributed by atoms with Crippen molar-refractivity contribution in [2.24, 2.45) is 10.8 Å². The first-order valence-electron chi connectivity index (χ1n) is 8.03. The first-order valence-corrected chi connectivity index (χ1v) is 8.03. The molecule has 0 spiro atoms. The van der Waals surface area contributed by atoms with Crippen molar-refractivity contribution in [3.05, 3.63) is 0 Å². The average Bonchev–Trinajstić information content (AvgIpc) is 2.33. The van der Waals surface area contributed by atoms with Crippen molar-refractivity contribution in [2.75, 3.05) is 19.8 Å². The second-order valence-corrected chi connectivity index (χ2v) is 7.73. The molecule has 0 radical (unpaired) electrons. The zero-order valence-corrected chi connectivity index (χ0v) is 14.8. The molecule has 0 unspecified atom stereocenters. The lowest BCUT2D eigenvalue weighted by molar-refractivity contribution is -0.127. The van der Waals surface area contributed by atoms with Crippen LogP contribution in [-0.2, 0) is 9.59 Å². The molecule has 0 aromatic heterocycles. The third kappa shape index (κ3) is 10.6. The molecule has 0 saturated heterocycles. The third-order valence-electron chi connectivity index (χ3n) is 3.44. The molecule has 0 atom stereocenters. The van der Waals surface area contributed by atoms with Crippen LogP contribution < -0.4 is 10.6 Å². The Balaban J connectivity index is 3.42. The molecule has 0 aromatic rings. The SMILES string of the molecule is CC(C)(C)C(=O)CCCNCNCCCC(=O)C(C)(C)C. The number of carbonyl (C=O) groups is 2. The molecule has 21 heavy (non-hydrogen) atoms. The van der Waals surface area contributed by atoms with Gasteiger partial charge in [-0.05, 0) is 25.9 Å². The van der Waals surface area contributed by atoms with Crippen LogP contribution in [0.3, 0.4) is 0 Å². The quantitative estimate of drug-likeness (QED) is 0.481. The maximum atomic E-state index is 11.7. The van der Waals surface area contributed by atoms with Gasteiger partial charge in [0.05, 0.1) is 0 Å². The molecular weight excluding hydrogens is 264 g/mol. The third-order valence-corrected chi connectivity index (χ3v) is 3.44. The minimum Gasteiger partial charge on any atom is -0.304 e. The van der Waals surface area contributed by atoms with Crippen LogP contribution >= 0.6 is 0 Å². The van der Waals surface area contributed by atoms with E-state index in [1.807, 2.05) is 41.5 Å². The molecule has 0 heterocycles. The Morgan fingerprint density at radius 1 is 0.714 bits per heavy atom. The van der Waals surface area contributed by atoms with Gasteiger partial charge in [0.25, 0.3) is 0 Å². The van der Waals surface area contributed by atoms with Gasteiger partial charge in [0.2, 0.25) is 0 Å². The highest BCUT2D eigenvalue weighted by Gasteiger charge is 2.20. The lowest BCUT2D eigenvalue weighted by atomic mass is 9.88. The van der Waals surface area contributed by atoms with Crippen molar-refractivity contribution in [2.45, 2.75) is 67.2 Å². The van der Waals surface area contributed by atoms with Gasteiger partial charge in [0.15, 0.2) is 0 Å². The van der Waals surface area contributed by atoms with E-state index in [4.69, 9.17) is 0 Å². The number of ketones is 2. The summed E-state index contributed by atoms with van der Waals surface area (Å²) in [5.41, 5.74) is -0.449. The van der Waals surface area contributed by atoms with Gasteiger partial charge in [-0.15, -0.1) is 0 Å². The molecule has 4 heteroatoms. The fourth-order valence-corrected chi connectivity index (χ4v) is 1.76. The summed E-state index contributed by atoms with van der Waals surface area (Å²) >= 11 is 0. The van der Waals surface area contributed by atoms with Gasteiger partial charge in [0, 0.05) is 30.3 Å². The van der Waals surface area contributed by atoms with Gasteiger partial charge < -0.3 is 10.6 Å². The smallest absolute Gasteiger partial charge is 0.138 e. The van der Waals surface area contributed by atoms with Gasteiger partial charge in [-0.2, -0.15) is 0 Å². The Morgan fingerprint density at radius 3 is 1.33 bits per heavy atom. The van der Waals surface area contributed by atoms with Crippen LogP contribution in [0.2, 0.25) is 0 Å². The zero-order valence-electron chi connectivity index (χ0n) is 14.8. The molecule has 0 aliphatic heterocycles. The highest BCUT2D eigenvalue weighted by atomic mass is 16.1. The highest BCUT2D eigenvalue weighted by Crippen LogP contribution is 2.17. The van der Waals surface area contributed by atoms with E-state index in [0.717, 1.165) is 32.6 Å². The predicted molar refractivity (Wildman–Crippen MR) is 88.3 cm³/mol. The van der Waals surface area contributed by atoms with E-state index in [2.05, 4.69) is 10.6 Å². The summed E-state index contributed by atoms with van der Waals surface area (Å²) in [5, 5.41) is 6.52. The van der Waals surface area contributed by atoms with Crippen LogP contribution in [0.15, 0.2) is 0 Å². The lowest BCUT2D eigenvalue weighted by Crippen LogP contribution is -2.31. The van der Waals surface area contributed by atoms with E-state index in [0.29, 0.717) is 24.4 Å². The van der Waals surface area contributed by atoms with Crippen molar-refractivity contribution in [1.29, 1.82) is 0 Å². The van der Waals surface area contributed by atoms with E-state index < -0.39 is 0 Å². The summed E-state index contributed by atoms with van der Waals surface area (Å²) in [5.74, 6) is 0.635. The highest BCUT2D eigenvalue weighted by molar-refractivity contribution is 5.83. The summed E-state index contributed by atoms with van der Waals surface area (Å²) in [6.45, 7) is 14.2. The maximum absolute atomic E-state index is 11.7. The molecule has 0 saturated carbocycles. The Hall–Kier alpha value is -0.740. The van der Waals surface area contributed by atoms with E-state index in [-0.39, 0.29) is 10.8 Å². The van der Waals surface area contributed by atoms with Gasteiger partial charge in [-0.25, -0.2) is 0 Å². The molecule has 0 amide bonds. The summed E-state index contributed by atoms with van der Waals surface area (Å²) in [4.78, 5) is 23.4. The van der Waals surface area contributed by atoms with Crippen LogP contribution in [0.1, 0.15) is 67.2 Å². The lowest BCUT2D eigenvalue weighted by Gasteiger charge is -2.16. The van der Waals surface area contributed by atoms with Crippen LogP contribution in [0.4, 0.5) is 0 Å². The minimum atomic E-state index is -0.224. The summed E-state index contributed by atoms with van der Waals surface area (Å²) in [6, 6.07) is 0. The zero-order chi connectivity index (χ0) is 16.5. The van der Waals surface area contributed by atoms with Gasteiger partial charge in [-0.3, -0.25) is 9.59 Å². The summed E-state index contributed by atoms with van der Waals surface area (Å²) < 4.78 is 0. The Morgan fingerprint density at radius 2 is 1.05 bits per heavy atom. The first kappa shape index (κ1) is 20.3. The molecule has 0 bridgehead atoms. The van der Waals surface area contributed by atoms with Crippen molar-refractivity contribution < 1.29 is 9.59 Å². The number of Topliss-reactive ketones (excluding diaryl/α,β-unsaturated/α-hetero) is 2. The Labute approximate surface area is 130 Å². The molecule has 0 aliphatic carbocycles. The molecule has 124 valence electrons. The topological polar surface area (TPSA) is 58.2 Å². The van der Waals surface area contributed by atoms with Gasteiger partial charge in [-0.1, -0.05) is 41.5 Å². The second kappa shape index (κ2) is 9.31. The first-order chi connectivity index (χ1) is 9.55. The van der Waals surface area contributed by atoms with Crippen molar-refractivity contribution >= 4 is 11.6 Å². The van der Waals surface area contributed by atoms with E-state index in [1.165, 1.54) is 0 Å². The fraction of sp³-hybridized carbons (Fsp3) is 0.882. The average molecular weight is 298 g/mol. The number of nitrogens with one attached hydrogen (secondary N) is 2. The molecule has 0 aromatic carbocycles. The molecule has 4 nitrogen and oxygen atoms in total. The van der Waals surface area contributed by atoms with Crippen LogP contribution in [0, 0.1) is 10.8 Å². The summed E-state index contributed by atoms with van der Waals surface area (Å²) in [6.07, 6.45) is 3.02. The van der Waals surface area contributed by atoms with Crippen LogP contribution in [0.25, 0.3) is 0 Å². The normalized spacial score (nSPS) is 12.5. The predicted octanol–water partition coefficient (Wildman–Crippen LogP) is 2.91. The monoisotopic (exact) mass is 298 g/mol. The van der Waals surface area contributed by atoms with Gasteiger partial charge in [0.1, 0.15) is 11.6 Å². The summed E-state index contributed by atoms with van der Waals surface area (Å²) in [7, 11) is 0. The van der Waals surface area contributed by atoms with Crippen molar-refractivity contribution in [1.82, 2.24) is 10.6 Å². The van der Waals surface area contributed by atoms with E-state index in [9.17, 15) is 9.59 Å². The minimum absolute atomic E-state index is 0.224. The molecule has 0 fully saturated rings. The van der Waals surface area contributed by atoms with Crippen LogP contribution in [-0.4, -0.2) is 31.3 Å². The molecular formula is C17H34N2O2. The second-order valence-electron chi connectivity index (χ2n) is 7.73. The van der Waals surface area contributed by atoms with E-state index >= 15 is 0 Å². The molecule has 0 aliphatic rings. The fourth-order valence-electron chi connectivity index (χ4n) is 1.76. The number of carbonyl (C=O) groups excluding carboxylic acids is 2. The maximum Gasteiger partial charge on any atom is 0.138 e. The Kier molecular flexibility index (Phi) is 8.98.